The summed E-state index contributed by atoms with van der Waals surface area (Å²) < 4.78 is 3.88. The van der Waals surface area contributed by atoms with Crippen molar-refractivity contribution in [3.63, 3.8) is 0 Å². The molecule has 33 heavy (non-hydrogen) atoms. The number of hydrogen-bond donors (Lipinski definition) is 4. The van der Waals surface area contributed by atoms with Gasteiger partial charge in [0.1, 0.15) is 17.7 Å². The van der Waals surface area contributed by atoms with Crippen LogP contribution in [0.3, 0.4) is 0 Å². The number of hydrogen-bond acceptors (Lipinski definition) is 6. The van der Waals surface area contributed by atoms with Crippen molar-refractivity contribution in [2.45, 2.75) is 38.5 Å². The first-order valence-electron chi connectivity index (χ1n) is 10.9. The van der Waals surface area contributed by atoms with Crippen molar-refractivity contribution in [3.05, 3.63) is 71.8 Å². The Bertz CT molecular complexity index is 1040. The SMILES string of the molecule is Cn1ccnc1CNCCC[C@H](NC(=O)c1ccc(CNCc2nccn2C)cc1)C(=O)O. The van der Waals surface area contributed by atoms with Crippen molar-refractivity contribution in [2.24, 2.45) is 14.1 Å². The van der Waals surface area contributed by atoms with Crippen LogP contribution >= 0.6 is 0 Å². The molecule has 0 saturated heterocycles. The number of aromatic nitrogens is 4. The molecule has 1 atom stereocenters. The van der Waals surface area contributed by atoms with Gasteiger partial charge in [-0.3, -0.25) is 4.79 Å². The fourth-order valence-corrected chi connectivity index (χ4v) is 3.36. The molecule has 3 aromatic rings. The molecular weight excluding hydrogens is 422 g/mol. The predicted molar refractivity (Wildman–Crippen MR) is 123 cm³/mol. The van der Waals surface area contributed by atoms with E-state index < -0.39 is 17.9 Å². The molecule has 0 radical (unpaired) electrons. The lowest BCUT2D eigenvalue weighted by molar-refractivity contribution is -0.139. The highest BCUT2D eigenvalue weighted by Gasteiger charge is 2.20. The highest BCUT2D eigenvalue weighted by atomic mass is 16.4. The van der Waals surface area contributed by atoms with Crippen molar-refractivity contribution in [1.29, 1.82) is 0 Å². The van der Waals surface area contributed by atoms with E-state index in [1.165, 1.54) is 0 Å². The molecule has 10 heteroatoms. The zero-order valence-electron chi connectivity index (χ0n) is 19.0. The van der Waals surface area contributed by atoms with Crippen molar-refractivity contribution in [1.82, 2.24) is 35.1 Å². The normalized spacial score (nSPS) is 11.9. The van der Waals surface area contributed by atoms with E-state index in [4.69, 9.17) is 0 Å². The first-order chi connectivity index (χ1) is 15.9. The molecule has 4 N–H and O–H groups in total. The number of nitrogens with one attached hydrogen (secondary N) is 3. The van der Waals surface area contributed by atoms with E-state index in [0.717, 1.165) is 17.2 Å². The minimum atomic E-state index is -1.04. The number of carboxylic acids is 1. The number of carboxylic acid groups (broad SMARTS) is 1. The van der Waals surface area contributed by atoms with Crippen LogP contribution in [0.1, 0.15) is 40.4 Å². The zero-order chi connectivity index (χ0) is 23.6. The largest absolute Gasteiger partial charge is 0.480 e. The summed E-state index contributed by atoms with van der Waals surface area (Å²) in [4.78, 5) is 32.6. The molecule has 1 aromatic carbocycles. The van der Waals surface area contributed by atoms with Gasteiger partial charge in [-0.05, 0) is 37.1 Å². The highest BCUT2D eigenvalue weighted by Crippen LogP contribution is 2.07. The molecule has 0 spiro atoms. The molecule has 0 unspecified atom stereocenters. The molecule has 176 valence electrons. The summed E-state index contributed by atoms with van der Waals surface area (Å²) in [6, 6.07) is 6.20. The van der Waals surface area contributed by atoms with Gasteiger partial charge < -0.3 is 30.2 Å². The lowest BCUT2D eigenvalue weighted by atomic mass is 10.1. The number of carbonyl (C=O) groups excluding carboxylic acids is 1. The Hall–Kier alpha value is -3.50. The van der Waals surface area contributed by atoms with Gasteiger partial charge >= 0.3 is 5.97 Å². The lowest BCUT2D eigenvalue weighted by Gasteiger charge is -2.15. The third-order valence-electron chi connectivity index (χ3n) is 5.40. The van der Waals surface area contributed by atoms with E-state index in [-0.39, 0.29) is 0 Å². The number of aryl methyl sites for hydroxylation is 2. The molecule has 0 saturated carbocycles. The standard InChI is InChI=1S/C23H31N7O3/c1-29-12-10-26-20(29)15-24-9-3-4-19(23(32)33)28-22(31)18-7-5-17(6-8-18)14-25-16-21-27-11-13-30(21)2/h5-8,10-13,19,24-25H,3-4,9,14-16H2,1-2H3,(H,28,31)(H,32,33)/t19-/m0/s1. The van der Waals surface area contributed by atoms with Crippen LogP contribution in [-0.2, 0) is 38.5 Å². The first kappa shape index (κ1) is 24.1. The van der Waals surface area contributed by atoms with Gasteiger partial charge in [0, 0.05) is 51.0 Å². The second kappa shape index (κ2) is 11.9. The van der Waals surface area contributed by atoms with Gasteiger partial charge in [0.25, 0.3) is 5.91 Å². The van der Waals surface area contributed by atoms with Gasteiger partial charge in [0.2, 0.25) is 0 Å². The quantitative estimate of drug-likeness (QED) is 0.287. The van der Waals surface area contributed by atoms with Crippen molar-refractivity contribution in [2.75, 3.05) is 6.54 Å². The summed E-state index contributed by atoms with van der Waals surface area (Å²) >= 11 is 0. The van der Waals surface area contributed by atoms with Crippen molar-refractivity contribution >= 4 is 11.9 Å². The van der Waals surface area contributed by atoms with Crippen LogP contribution in [0.25, 0.3) is 0 Å². The summed E-state index contributed by atoms with van der Waals surface area (Å²) in [6.45, 7) is 2.52. The van der Waals surface area contributed by atoms with Crippen molar-refractivity contribution in [3.8, 4) is 0 Å². The van der Waals surface area contributed by atoms with Crippen LogP contribution in [0.2, 0.25) is 0 Å². The zero-order valence-corrected chi connectivity index (χ0v) is 19.0. The topological polar surface area (TPSA) is 126 Å². The second-order valence-corrected chi connectivity index (χ2v) is 7.89. The lowest BCUT2D eigenvalue weighted by Crippen LogP contribution is -2.41. The Morgan fingerprint density at radius 1 is 0.939 bits per heavy atom. The Kier molecular flexibility index (Phi) is 8.73. The minimum absolute atomic E-state index is 0.337. The van der Waals surface area contributed by atoms with Gasteiger partial charge in [0.15, 0.2) is 0 Å². The molecule has 3 rings (SSSR count). The molecule has 0 fully saturated rings. The summed E-state index contributed by atoms with van der Waals surface area (Å²) in [6.07, 6.45) is 8.21. The van der Waals surface area contributed by atoms with Gasteiger partial charge in [-0.1, -0.05) is 12.1 Å². The molecule has 2 heterocycles. The number of amides is 1. The predicted octanol–water partition coefficient (Wildman–Crippen LogP) is 1.20. The Morgan fingerprint density at radius 3 is 2.09 bits per heavy atom. The number of rotatable bonds is 13. The molecule has 0 bridgehead atoms. The summed E-state index contributed by atoms with van der Waals surface area (Å²) in [7, 11) is 3.87. The number of benzene rings is 1. The van der Waals surface area contributed by atoms with Crippen LogP contribution in [-0.4, -0.2) is 48.7 Å². The van der Waals surface area contributed by atoms with E-state index in [1.54, 1.807) is 24.5 Å². The van der Waals surface area contributed by atoms with Crippen LogP contribution in [0.5, 0.6) is 0 Å². The number of aliphatic carboxylic acids is 1. The average molecular weight is 454 g/mol. The number of carbonyl (C=O) groups is 2. The van der Waals surface area contributed by atoms with E-state index >= 15 is 0 Å². The monoisotopic (exact) mass is 453 g/mol. The molecular formula is C23H31N7O3. The van der Waals surface area contributed by atoms with Crippen LogP contribution in [0, 0.1) is 0 Å². The fourth-order valence-electron chi connectivity index (χ4n) is 3.36. The summed E-state index contributed by atoms with van der Waals surface area (Å²) in [5.74, 6) is 0.421. The highest BCUT2D eigenvalue weighted by molar-refractivity contribution is 5.96. The summed E-state index contributed by atoms with van der Waals surface area (Å²) in [5.41, 5.74) is 1.45. The maximum Gasteiger partial charge on any atom is 0.326 e. The first-order valence-corrected chi connectivity index (χ1v) is 10.9. The molecule has 2 aromatic heterocycles. The van der Waals surface area contributed by atoms with Gasteiger partial charge in [-0.2, -0.15) is 0 Å². The number of imidazole rings is 2. The molecule has 0 aliphatic rings. The van der Waals surface area contributed by atoms with Crippen LogP contribution in [0.4, 0.5) is 0 Å². The van der Waals surface area contributed by atoms with E-state index in [9.17, 15) is 14.7 Å². The van der Waals surface area contributed by atoms with E-state index in [0.29, 0.717) is 44.6 Å². The molecule has 0 aliphatic carbocycles. The van der Waals surface area contributed by atoms with Crippen LogP contribution in [0.15, 0.2) is 49.1 Å². The Labute approximate surface area is 193 Å². The van der Waals surface area contributed by atoms with Crippen LogP contribution < -0.4 is 16.0 Å². The maximum absolute atomic E-state index is 12.5. The van der Waals surface area contributed by atoms with E-state index in [2.05, 4.69) is 25.9 Å². The smallest absolute Gasteiger partial charge is 0.326 e. The second-order valence-electron chi connectivity index (χ2n) is 7.89. The molecule has 10 nitrogen and oxygen atoms in total. The summed E-state index contributed by atoms with van der Waals surface area (Å²) in [5, 5.41) is 18.7. The van der Waals surface area contributed by atoms with E-state index in [1.807, 2.05) is 47.8 Å². The van der Waals surface area contributed by atoms with Crippen molar-refractivity contribution < 1.29 is 14.7 Å². The fraction of sp³-hybridized carbons (Fsp3) is 0.391. The maximum atomic E-state index is 12.5. The third kappa shape index (κ3) is 7.26. The molecule has 1 amide bonds. The molecule has 0 aliphatic heterocycles. The Balaban J connectivity index is 1.40. The Morgan fingerprint density at radius 2 is 1.55 bits per heavy atom. The van der Waals surface area contributed by atoms with Gasteiger partial charge in [0.05, 0.1) is 13.1 Å². The third-order valence-corrected chi connectivity index (χ3v) is 5.40. The number of nitrogens with zero attached hydrogens (tertiary/aromatic N) is 4. The van der Waals surface area contributed by atoms with Gasteiger partial charge in [-0.25, -0.2) is 14.8 Å². The van der Waals surface area contributed by atoms with Gasteiger partial charge in [-0.15, -0.1) is 0 Å². The minimum Gasteiger partial charge on any atom is -0.480 e. The average Bonchev–Trinajstić information content (AvgIpc) is 3.40.